The second-order valence-electron chi connectivity index (χ2n) is 8.34. The van der Waals surface area contributed by atoms with Gasteiger partial charge in [-0.25, -0.2) is 4.98 Å². The number of nitrogens with one attached hydrogen (secondary N) is 1. The van der Waals surface area contributed by atoms with Crippen LogP contribution in [0.15, 0.2) is 89.9 Å². The molecule has 0 radical (unpaired) electrons. The highest BCUT2D eigenvalue weighted by atomic mass is 79.9. The first-order valence-corrected chi connectivity index (χ1v) is 12.7. The number of para-hydroxylation sites is 3. The van der Waals surface area contributed by atoms with E-state index >= 15 is 0 Å². The molecule has 0 aliphatic heterocycles. The largest absolute Gasteiger partial charge is 0.493 e. The number of carbonyl (C=O) groups is 1. The number of hydrogen-bond donors (Lipinski definition) is 1. The second-order valence-corrected chi connectivity index (χ2v) is 9.26. The van der Waals surface area contributed by atoms with E-state index in [0.29, 0.717) is 18.7 Å². The summed E-state index contributed by atoms with van der Waals surface area (Å²) in [6, 6.07) is 23.8. The smallest absolute Gasteiger partial charge is 0.251 e. The van der Waals surface area contributed by atoms with E-state index in [9.17, 15) is 4.79 Å². The molecule has 35 heavy (non-hydrogen) atoms. The van der Waals surface area contributed by atoms with Crippen molar-refractivity contribution in [1.82, 2.24) is 14.9 Å². The van der Waals surface area contributed by atoms with Crippen LogP contribution in [0.2, 0.25) is 0 Å². The van der Waals surface area contributed by atoms with Crippen LogP contribution < -0.4 is 10.1 Å². The van der Waals surface area contributed by atoms with E-state index in [2.05, 4.69) is 44.5 Å². The second kappa shape index (κ2) is 12.4. The summed E-state index contributed by atoms with van der Waals surface area (Å²) in [6.07, 6.45) is 5.16. The normalized spacial score (nSPS) is 10.9. The predicted octanol–water partition coefficient (Wildman–Crippen LogP) is 6.36. The van der Waals surface area contributed by atoms with Crippen LogP contribution >= 0.6 is 15.9 Å². The molecule has 0 bridgehead atoms. The zero-order valence-corrected chi connectivity index (χ0v) is 21.3. The number of halogens is 1. The standard InChI is InChI=1S/C29H30BrN3O2/c1-2-10-22-11-3-6-16-27(22)35-20-9-19-33-26-15-5-4-14-25(26)32-28(33)17-8-18-31-29(34)23-12-7-13-24(30)21-23/h2-7,11-16,21H,1,8-10,17-20H2,(H,31,34). The van der Waals surface area contributed by atoms with Crippen LogP contribution in [-0.4, -0.2) is 28.6 Å². The summed E-state index contributed by atoms with van der Waals surface area (Å²) in [5, 5.41) is 3.01. The molecular formula is C29H30BrN3O2. The average Bonchev–Trinajstić information content (AvgIpc) is 3.22. The van der Waals surface area contributed by atoms with Crippen molar-refractivity contribution < 1.29 is 9.53 Å². The van der Waals surface area contributed by atoms with Crippen molar-refractivity contribution in [1.29, 1.82) is 0 Å². The van der Waals surface area contributed by atoms with Crippen LogP contribution in [0.3, 0.4) is 0 Å². The Hall–Kier alpha value is -3.38. The molecule has 1 amide bonds. The Kier molecular flexibility index (Phi) is 8.74. The van der Waals surface area contributed by atoms with E-state index in [4.69, 9.17) is 9.72 Å². The summed E-state index contributed by atoms with van der Waals surface area (Å²) in [6.45, 7) is 5.88. The van der Waals surface area contributed by atoms with E-state index in [-0.39, 0.29) is 5.91 Å². The van der Waals surface area contributed by atoms with Gasteiger partial charge in [0.1, 0.15) is 11.6 Å². The SMILES string of the molecule is C=CCc1ccccc1OCCCn1c(CCCNC(=O)c2cccc(Br)c2)nc2ccccc21. The van der Waals surface area contributed by atoms with E-state index < -0.39 is 0 Å². The van der Waals surface area contributed by atoms with Crippen molar-refractivity contribution in [2.75, 3.05) is 13.2 Å². The number of aromatic nitrogens is 2. The molecule has 0 saturated carbocycles. The molecule has 1 aromatic heterocycles. The van der Waals surface area contributed by atoms with Gasteiger partial charge in [-0.15, -0.1) is 6.58 Å². The van der Waals surface area contributed by atoms with Crippen LogP contribution in [0.5, 0.6) is 5.75 Å². The van der Waals surface area contributed by atoms with Crippen LogP contribution in [0.25, 0.3) is 11.0 Å². The molecule has 0 aliphatic carbocycles. The van der Waals surface area contributed by atoms with Crippen molar-refractivity contribution in [3.8, 4) is 5.75 Å². The average molecular weight is 532 g/mol. The Morgan fingerprint density at radius 3 is 2.74 bits per heavy atom. The van der Waals surface area contributed by atoms with Gasteiger partial charge in [0.05, 0.1) is 17.6 Å². The number of aryl methyl sites for hydroxylation is 2. The number of imidazole rings is 1. The first-order valence-electron chi connectivity index (χ1n) is 11.9. The number of benzene rings is 3. The summed E-state index contributed by atoms with van der Waals surface area (Å²) >= 11 is 3.41. The summed E-state index contributed by atoms with van der Waals surface area (Å²) in [7, 11) is 0. The molecule has 0 fully saturated rings. The topological polar surface area (TPSA) is 56.1 Å². The number of ether oxygens (including phenoxy) is 1. The number of amides is 1. The van der Waals surface area contributed by atoms with Gasteiger partial charge >= 0.3 is 0 Å². The number of carbonyl (C=O) groups excluding carboxylic acids is 1. The highest BCUT2D eigenvalue weighted by molar-refractivity contribution is 9.10. The molecule has 4 aromatic rings. The quantitative estimate of drug-likeness (QED) is 0.171. The predicted molar refractivity (Wildman–Crippen MR) is 145 cm³/mol. The third-order valence-electron chi connectivity index (χ3n) is 5.80. The first-order chi connectivity index (χ1) is 17.2. The molecule has 0 spiro atoms. The van der Waals surface area contributed by atoms with Gasteiger partial charge in [0.25, 0.3) is 5.91 Å². The van der Waals surface area contributed by atoms with Gasteiger partial charge in [-0.1, -0.05) is 58.4 Å². The van der Waals surface area contributed by atoms with Crippen LogP contribution in [0, 0.1) is 0 Å². The first kappa shape index (κ1) is 24.7. The van der Waals surface area contributed by atoms with Crippen LogP contribution in [0.1, 0.15) is 34.6 Å². The van der Waals surface area contributed by atoms with Gasteiger partial charge in [0, 0.05) is 29.5 Å². The molecule has 5 nitrogen and oxygen atoms in total. The Bertz CT molecular complexity index is 1300. The lowest BCUT2D eigenvalue weighted by Gasteiger charge is -2.12. The Balaban J connectivity index is 1.34. The zero-order valence-electron chi connectivity index (χ0n) is 19.8. The molecule has 0 saturated heterocycles. The van der Waals surface area contributed by atoms with E-state index in [1.54, 1.807) is 0 Å². The summed E-state index contributed by atoms with van der Waals surface area (Å²) in [5.74, 6) is 1.90. The minimum absolute atomic E-state index is 0.0614. The van der Waals surface area contributed by atoms with Gasteiger partial charge in [-0.2, -0.15) is 0 Å². The molecular weight excluding hydrogens is 502 g/mol. The lowest BCUT2D eigenvalue weighted by Crippen LogP contribution is -2.25. The molecule has 180 valence electrons. The fourth-order valence-electron chi connectivity index (χ4n) is 4.12. The number of nitrogens with zero attached hydrogens (tertiary/aromatic N) is 2. The molecule has 1 N–H and O–H groups in total. The van der Waals surface area contributed by atoms with Gasteiger partial charge in [0.2, 0.25) is 0 Å². The monoisotopic (exact) mass is 531 g/mol. The van der Waals surface area contributed by atoms with Gasteiger partial charge in [-0.05, 0) is 61.2 Å². The molecule has 4 rings (SSSR count). The van der Waals surface area contributed by atoms with Gasteiger partial charge in [0.15, 0.2) is 0 Å². The van der Waals surface area contributed by atoms with Crippen molar-refractivity contribution in [2.24, 2.45) is 0 Å². The fourth-order valence-corrected chi connectivity index (χ4v) is 4.52. The van der Waals surface area contributed by atoms with Gasteiger partial charge < -0.3 is 14.6 Å². The third kappa shape index (κ3) is 6.61. The molecule has 0 aliphatic rings. The summed E-state index contributed by atoms with van der Waals surface area (Å²) in [4.78, 5) is 17.3. The zero-order chi connectivity index (χ0) is 24.5. The van der Waals surface area contributed by atoms with E-state index in [0.717, 1.165) is 64.9 Å². The Morgan fingerprint density at radius 1 is 1.06 bits per heavy atom. The molecule has 1 heterocycles. The maximum Gasteiger partial charge on any atom is 0.251 e. The Morgan fingerprint density at radius 2 is 1.89 bits per heavy atom. The fraction of sp³-hybridized carbons (Fsp3) is 0.241. The van der Waals surface area contributed by atoms with Crippen molar-refractivity contribution in [3.63, 3.8) is 0 Å². The number of hydrogen-bond acceptors (Lipinski definition) is 3. The molecule has 0 unspecified atom stereocenters. The molecule has 6 heteroatoms. The highest BCUT2D eigenvalue weighted by Gasteiger charge is 2.11. The van der Waals surface area contributed by atoms with Crippen molar-refractivity contribution >= 4 is 32.9 Å². The lowest BCUT2D eigenvalue weighted by atomic mass is 10.1. The maximum absolute atomic E-state index is 12.4. The molecule has 0 atom stereocenters. The summed E-state index contributed by atoms with van der Waals surface area (Å²) in [5.41, 5.74) is 3.94. The van der Waals surface area contributed by atoms with Crippen LogP contribution in [-0.2, 0) is 19.4 Å². The van der Waals surface area contributed by atoms with E-state index in [1.807, 2.05) is 66.7 Å². The maximum atomic E-state index is 12.4. The Labute approximate surface area is 215 Å². The van der Waals surface area contributed by atoms with Crippen molar-refractivity contribution in [2.45, 2.75) is 32.2 Å². The van der Waals surface area contributed by atoms with Gasteiger partial charge in [-0.3, -0.25) is 4.79 Å². The van der Waals surface area contributed by atoms with E-state index in [1.165, 1.54) is 0 Å². The summed E-state index contributed by atoms with van der Waals surface area (Å²) < 4.78 is 9.26. The minimum Gasteiger partial charge on any atom is -0.493 e. The van der Waals surface area contributed by atoms with Crippen LogP contribution in [0.4, 0.5) is 0 Å². The number of allylic oxidation sites excluding steroid dienone is 1. The minimum atomic E-state index is -0.0614. The van der Waals surface area contributed by atoms with Crippen molar-refractivity contribution in [3.05, 3.63) is 107 Å². The third-order valence-corrected chi connectivity index (χ3v) is 6.30. The number of fused-ring (bicyclic) bond motifs is 1. The lowest BCUT2D eigenvalue weighted by molar-refractivity contribution is 0.0953. The highest BCUT2D eigenvalue weighted by Crippen LogP contribution is 2.20. The number of rotatable bonds is 12. The molecule has 3 aromatic carbocycles.